The Morgan fingerprint density at radius 3 is 2.33 bits per heavy atom. The molecule has 5 nitrogen and oxygen atoms in total. The summed E-state index contributed by atoms with van der Waals surface area (Å²) in [7, 11) is 3.07. The maximum absolute atomic E-state index is 12.4. The highest BCUT2D eigenvalue weighted by atomic mass is 16.5. The first kappa shape index (κ1) is 16.1. The molecule has 1 N–H and O–H groups in total. The molecule has 0 fully saturated rings. The van der Waals surface area contributed by atoms with Crippen molar-refractivity contribution in [3.05, 3.63) is 58.7 Å². The number of ether oxygens (including phenoxy) is 2. The van der Waals surface area contributed by atoms with Gasteiger partial charge in [0.1, 0.15) is 0 Å². The van der Waals surface area contributed by atoms with Crippen molar-refractivity contribution in [3.8, 4) is 11.5 Å². The molecule has 0 saturated carbocycles. The maximum Gasteiger partial charge on any atom is 0.251 e. The van der Waals surface area contributed by atoms with Crippen LogP contribution in [0.25, 0.3) is 0 Å². The zero-order valence-electron chi connectivity index (χ0n) is 13.9. The van der Waals surface area contributed by atoms with Gasteiger partial charge in [0.25, 0.3) is 5.91 Å². The average Bonchev–Trinajstić information content (AvgIpc) is 2.89. The summed E-state index contributed by atoms with van der Waals surface area (Å²) in [6.45, 7) is 1.97. The lowest BCUT2D eigenvalue weighted by Gasteiger charge is -2.15. The molecule has 2 aromatic carbocycles. The second-order valence-corrected chi connectivity index (χ2v) is 5.81. The van der Waals surface area contributed by atoms with E-state index >= 15 is 0 Å². The fraction of sp³-hybridized carbons (Fsp3) is 0.263. The number of nitrogens with one attached hydrogen (secondary N) is 1. The normalized spacial score (nSPS) is 15.8. The lowest BCUT2D eigenvalue weighted by molar-refractivity contribution is 0.0925. The van der Waals surface area contributed by atoms with E-state index in [1.807, 2.05) is 19.1 Å². The number of fused-ring (bicyclic) bond motifs is 1. The summed E-state index contributed by atoms with van der Waals surface area (Å²) in [6.07, 6.45) is 0.239. The number of ketones is 1. The molecular formula is C19H19NO4. The largest absolute Gasteiger partial charge is 0.493 e. The Balaban J connectivity index is 1.88. The summed E-state index contributed by atoms with van der Waals surface area (Å²) in [5, 5.41) is 2.93. The van der Waals surface area contributed by atoms with Crippen LogP contribution >= 0.6 is 0 Å². The monoisotopic (exact) mass is 325 g/mol. The van der Waals surface area contributed by atoms with Crippen molar-refractivity contribution < 1.29 is 19.1 Å². The summed E-state index contributed by atoms with van der Waals surface area (Å²) < 4.78 is 10.5. The van der Waals surface area contributed by atoms with E-state index in [2.05, 4.69) is 5.32 Å². The van der Waals surface area contributed by atoms with Crippen LogP contribution in [-0.4, -0.2) is 25.9 Å². The van der Waals surface area contributed by atoms with E-state index in [0.717, 1.165) is 11.1 Å². The highest BCUT2D eigenvalue weighted by molar-refractivity contribution is 6.03. The third-order valence-corrected chi connectivity index (χ3v) is 4.24. The maximum atomic E-state index is 12.4. The molecule has 0 bridgehead atoms. The average molecular weight is 325 g/mol. The molecule has 124 valence electrons. The Hall–Kier alpha value is -2.82. The van der Waals surface area contributed by atoms with Crippen LogP contribution in [0, 0.1) is 6.92 Å². The first-order chi connectivity index (χ1) is 11.5. The first-order valence-corrected chi connectivity index (χ1v) is 7.70. The summed E-state index contributed by atoms with van der Waals surface area (Å²) in [6, 6.07) is 10.4. The zero-order chi connectivity index (χ0) is 17.3. The van der Waals surface area contributed by atoms with Crippen LogP contribution in [0.4, 0.5) is 0 Å². The SMILES string of the molecule is COc1cc2c(cc1OC)[C@H](NC(=O)c1ccc(C)cc1)CC2=O. The molecule has 1 aliphatic carbocycles. The van der Waals surface area contributed by atoms with Gasteiger partial charge < -0.3 is 14.8 Å². The number of Topliss-reactive ketones (excluding diaryl/α,β-unsaturated/α-hetero) is 1. The smallest absolute Gasteiger partial charge is 0.251 e. The van der Waals surface area contributed by atoms with Crippen LogP contribution in [0.1, 0.15) is 44.3 Å². The molecule has 2 aromatic rings. The van der Waals surface area contributed by atoms with Crippen molar-refractivity contribution in [2.45, 2.75) is 19.4 Å². The number of methoxy groups -OCH3 is 2. The van der Waals surface area contributed by atoms with Gasteiger partial charge in [0.05, 0.1) is 20.3 Å². The molecule has 0 aromatic heterocycles. The number of hydrogen-bond acceptors (Lipinski definition) is 4. The number of benzene rings is 2. The van der Waals surface area contributed by atoms with Crippen molar-refractivity contribution in [1.82, 2.24) is 5.32 Å². The third kappa shape index (κ3) is 2.85. The minimum Gasteiger partial charge on any atom is -0.493 e. The number of hydrogen-bond donors (Lipinski definition) is 1. The molecule has 3 rings (SSSR count). The van der Waals surface area contributed by atoms with Crippen LogP contribution in [0.2, 0.25) is 0 Å². The van der Waals surface area contributed by atoms with Crippen molar-refractivity contribution >= 4 is 11.7 Å². The Morgan fingerprint density at radius 2 is 1.71 bits per heavy atom. The molecule has 1 aliphatic rings. The van der Waals surface area contributed by atoms with Gasteiger partial charge in [-0.3, -0.25) is 9.59 Å². The molecule has 24 heavy (non-hydrogen) atoms. The second-order valence-electron chi connectivity index (χ2n) is 5.81. The summed E-state index contributed by atoms with van der Waals surface area (Å²) in [4.78, 5) is 24.7. The van der Waals surface area contributed by atoms with E-state index in [9.17, 15) is 9.59 Å². The Bertz CT molecular complexity index is 796. The van der Waals surface area contributed by atoms with E-state index in [1.54, 1.807) is 31.4 Å². The molecule has 0 heterocycles. The Morgan fingerprint density at radius 1 is 1.08 bits per heavy atom. The Kier molecular flexibility index (Phi) is 4.25. The lowest BCUT2D eigenvalue weighted by Crippen LogP contribution is -2.27. The van der Waals surface area contributed by atoms with Gasteiger partial charge in [-0.2, -0.15) is 0 Å². The van der Waals surface area contributed by atoms with Crippen LogP contribution in [0.15, 0.2) is 36.4 Å². The summed E-state index contributed by atoms with van der Waals surface area (Å²) in [5.74, 6) is 0.839. The van der Waals surface area contributed by atoms with Crippen molar-refractivity contribution in [3.63, 3.8) is 0 Å². The van der Waals surface area contributed by atoms with E-state index in [-0.39, 0.29) is 24.2 Å². The van der Waals surface area contributed by atoms with Gasteiger partial charge in [-0.1, -0.05) is 17.7 Å². The quantitative estimate of drug-likeness (QED) is 0.938. The van der Waals surface area contributed by atoms with E-state index in [4.69, 9.17) is 9.47 Å². The topological polar surface area (TPSA) is 64.6 Å². The van der Waals surface area contributed by atoms with Gasteiger partial charge in [0.2, 0.25) is 0 Å². The Labute approximate surface area is 140 Å². The highest BCUT2D eigenvalue weighted by Gasteiger charge is 2.32. The van der Waals surface area contributed by atoms with E-state index < -0.39 is 0 Å². The van der Waals surface area contributed by atoms with Gasteiger partial charge >= 0.3 is 0 Å². The molecule has 1 atom stereocenters. The number of carbonyl (C=O) groups excluding carboxylic acids is 2. The van der Waals surface area contributed by atoms with Crippen molar-refractivity contribution in [1.29, 1.82) is 0 Å². The number of rotatable bonds is 4. The fourth-order valence-corrected chi connectivity index (χ4v) is 2.91. The molecule has 0 saturated heterocycles. The molecule has 0 unspecified atom stereocenters. The summed E-state index contributed by atoms with van der Waals surface area (Å²) >= 11 is 0. The van der Waals surface area contributed by atoms with Gasteiger partial charge in [-0.05, 0) is 36.8 Å². The highest BCUT2D eigenvalue weighted by Crippen LogP contribution is 2.39. The zero-order valence-corrected chi connectivity index (χ0v) is 13.9. The van der Waals surface area contributed by atoms with Crippen LogP contribution in [-0.2, 0) is 0 Å². The number of carbonyl (C=O) groups is 2. The van der Waals surface area contributed by atoms with Gasteiger partial charge in [0, 0.05) is 17.5 Å². The third-order valence-electron chi connectivity index (χ3n) is 4.24. The molecule has 0 spiro atoms. The molecule has 0 radical (unpaired) electrons. The lowest BCUT2D eigenvalue weighted by atomic mass is 10.1. The standard InChI is InChI=1S/C19H19NO4/c1-11-4-6-12(7-5-11)19(22)20-15-10-16(21)14-9-18(24-3)17(23-2)8-13(14)15/h4-9,15H,10H2,1-3H3,(H,20,22)/t15-/m1/s1. The molecular weight excluding hydrogens is 306 g/mol. The van der Waals surface area contributed by atoms with Crippen LogP contribution in [0.3, 0.4) is 0 Å². The predicted molar refractivity (Wildman–Crippen MR) is 89.9 cm³/mol. The number of aryl methyl sites for hydroxylation is 1. The molecule has 1 amide bonds. The van der Waals surface area contributed by atoms with Crippen molar-refractivity contribution in [2.24, 2.45) is 0 Å². The van der Waals surface area contributed by atoms with Crippen LogP contribution in [0.5, 0.6) is 11.5 Å². The minimum atomic E-state index is -0.360. The van der Waals surface area contributed by atoms with E-state index in [0.29, 0.717) is 22.6 Å². The fourth-order valence-electron chi connectivity index (χ4n) is 2.91. The van der Waals surface area contributed by atoms with Crippen molar-refractivity contribution in [2.75, 3.05) is 14.2 Å². The van der Waals surface area contributed by atoms with Gasteiger partial charge in [0.15, 0.2) is 17.3 Å². The number of amides is 1. The second kappa shape index (κ2) is 6.35. The van der Waals surface area contributed by atoms with E-state index in [1.165, 1.54) is 7.11 Å². The first-order valence-electron chi connectivity index (χ1n) is 7.70. The minimum absolute atomic E-state index is 0.0137. The van der Waals surface area contributed by atoms with Gasteiger partial charge in [-0.15, -0.1) is 0 Å². The van der Waals surface area contributed by atoms with Gasteiger partial charge in [-0.25, -0.2) is 0 Å². The van der Waals surface area contributed by atoms with Crippen LogP contribution < -0.4 is 14.8 Å². The predicted octanol–water partition coefficient (Wildman–Crippen LogP) is 3.07. The molecule has 5 heteroatoms. The summed E-state index contributed by atoms with van der Waals surface area (Å²) in [5.41, 5.74) is 2.99. The molecule has 0 aliphatic heterocycles.